The molecule has 1 aromatic heterocycles. The molecular weight excluding hydrogens is 384 g/mol. The van der Waals surface area contributed by atoms with Crippen molar-refractivity contribution in [3.05, 3.63) is 71.0 Å². The summed E-state index contributed by atoms with van der Waals surface area (Å²) in [4.78, 5) is 4.69. The van der Waals surface area contributed by atoms with E-state index >= 15 is 0 Å². The lowest BCUT2D eigenvalue weighted by atomic mass is 9.94. The zero-order valence-electron chi connectivity index (χ0n) is 18.6. The zero-order valence-corrected chi connectivity index (χ0v) is 18.6. The van der Waals surface area contributed by atoms with Gasteiger partial charge in [0.25, 0.3) is 0 Å². The molecule has 0 amide bonds. The molecule has 2 aliphatic rings. The van der Waals surface area contributed by atoms with Crippen LogP contribution in [0.15, 0.2) is 48.5 Å². The van der Waals surface area contributed by atoms with Crippen LogP contribution in [-0.2, 0) is 13.0 Å². The zero-order chi connectivity index (χ0) is 21.2. The third-order valence-electron chi connectivity index (χ3n) is 6.93. The van der Waals surface area contributed by atoms with Gasteiger partial charge in [-0.05, 0) is 58.5 Å². The van der Waals surface area contributed by atoms with Gasteiger partial charge in [0.05, 0.1) is 12.1 Å². The van der Waals surface area contributed by atoms with Gasteiger partial charge in [0.1, 0.15) is 0 Å². The topological polar surface area (TPSA) is 50.1 Å². The molecule has 0 saturated heterocycles. The highest BCUT2D eigenvalue weighted by atomic mass is 15.6. The number of aromatic nitrogens is 4. The van der Waals surface area contributed by atoms with E-state index in [0.29, 0.717) is 6.04 Å². The number of anilines is 1. The molecule has 6 heteroatoms. The van der Waals surface area contributed by atoms with E-state index in [1.165, 1.54) is 54.5 Å². The van der Waals surface area contributed by atoms with Crippen molar-refractivity contribution in [3.63, 3.8) is 0 Å². The van der Waals surface area contributed by atoms with Crippen LogP contribution in [0, 0.1) is 0 Å². The van der Waals surface area contributed by atoms with Gasteiger partial charge >= 0.3 is 0 Å². The SMILES string of the molecule is CN(C)c1ccc([C@H](c2nnnn2C2CCCCC2)N2CCc3ccccc3C2)cc1. The Balaban J connectivity index is 1.53. The Bertz CT molecular complexity index is 1000. The van der Waals surface area contributed by atoms with Crippen LogP contribution < -0.4 is 4.90 Å². The molecule has 0 bridgehead atoms. The van der Waals surface area contributed by atoms with Crippen LogP contribution in [0.25, 0.3) is 0 Å². The van der Waals surface area contributed by atoms with E-state index < -0.39 is 0 Å². The minimum absolute atomic E-state index is 0.0569. The van der Waals surface area contributed by atoms with Crippen molar-refractivity contribution in [2.45, 2.75) is 57.2 Å². The number of hydrogen-bond donors (Lipinski definition) is 0. The number of benzene rings is 2. The standard InChI is InChI=1S/C25H32N6/c1-29(2)22-14-12-20(13-15-22)24(30-17-16-19-8-6-7-9-21(19)18-30)25-26-27-28-31(25)23-10-4-3-5-11-23/h6-9,12-15,23-24H,3-5,10-11,16-18H2,1-2H3/t24-/m1/s1. The fourth-order valence-electron chi connectivity index (χ4n) is 5.18. The second-order valence-electron chi connectivity index (χ2n) is 9.15. The van der Waals surface area contributed by atoms with Gasteiger partial charge in [-0.25, -0.2) is 4.68 Å². The molecule has 0 spiro atoms. The fourth-order valence-corrected chi connectivity index (χ4v) is 5.18. The fraction of sp³-hybridized carbons (Fsp3) is 0.480. The summed E-state index contributed by atoms with van der Waals surface area (Å²) < 4.78 is 2.14. The van der Waals surface area contributed by atoms with Crippen LogP contribution >= 0.6 is 0 Å². The molecule has 1 fully saturated rings. The van der Waals surface area contributed by atoms with E-state index in [1.807, 2.05) is 0 Å². The van der Waals surface area contributed by atoms with Gasteiger partial charge in [0.2, 0.25) is 0 Å². The first kappa shape index (κ1) is 20.2. The maximum atomic E-state index is 4.61. The largest absolute Gasteiger partial charge is 0.378 e. The van der Waals surface area contributed by atoms with Crippen LogP contribution in [-0.4, -0.2) is 45.7 Å². The van der Waals surface area contributed by atoms with Crippen molar-refractivity contribution >= 4 is 5.69 Å². The Kier molecular flexibility index (Phi) is 5.72. The van der Waals surface area contributed by atoms with Gasteiger partial charge in [0.15, 0.2) is 5.82 Å². The van der Waals surface area contributed by atoms with Crippen molar-refractivity contribution in [2.24, 2.45) is 0 Å². The van der Waals surface area contributed by atoms with E-state index in [1.54, 1.807) is 0 Å². The summed E-state index contributed by atoms with van der Waals surface area (Å²) in [5.74, 6) is 0.990. The van der Waals surface area contributed by atoms with E-state index in [2.05, 4.69) is 92.6 Å². The highest BCUT2D eigenvalue weighted by Crippen LogP contribution is 2.36. The predicted molar refractivity (Wildman–Crippen MR) is 123 cm³/mol. The van der Waals surface area contributed by atoms with Gasteiger partial charge in [-0.3, -0.25) is 4.90 Å². The highest BCUT2D eigenvalue weighted by Gasteiger charge is 2.32. The Hall–Kier alpha value is -2.73. The first-order chi connectivity index (χ1) is 15.2. The molecule has 1 aliphatic heterocycles. The average Bonchev–Trinajstić information content (AvgIpc) is 3.29. The molecular formula is C25H32N6. The first-order valence-electron chi connectivity index (χ1n) is 11.6. The molecule has 162 valence electrons. The molecule has 1 aliphatic carbocycles. The van der Waals surface area contributed by atoms with Gasteiger partial charge in [-0.2, -0.15) is 0 Å². The summed E-state index contributed by atoms with van der Waals surface area (Å²) in [6.45, 7) is 1.93. The molecule has 1 saturated carbocycles. The third kappa shape index (κ3) is 4.09. The number of tetrazole rings is 1. The Morgan fingerprint density at radius 3 is 2.42 bits per heavy atom. The molecule has 6 nitrogen and oxygen atoms in total. The summed E-state index contributed by atoms with van der Waals surface area (Å²) in [6.07, 6.45) is 7.27. The van der Waals surface area contributed by atoms with Crippen molar-refractivity contribution in [3.8, 4) is 0 Å². The Morgan fingerprint density at radius 1 is 0.935 bits per heavy atom. The molecule has 1 atom stereocenters. The van der Waals surface area contributed by atoms with Crippen LogP contribution in [0.4, 0.5) is 5.69 Å². The number of rotatable bonds is 5. The first-order valence-corrected chi connectivity index (χ1v) is 11.6. The normalized spacial score (nSPS) is 18.5. The van der Waals surface area contributed by atoms with Crippen molar-refractivity contribution < 1.29 is 0 Å². The Morgan fingerprint density at radius 2 is 1.68 bits per heavy atom. The number of nitrogens with zero attached hydrogens (tertiary/aromatic N) is 6. The number of hydrogen-bond acceptors (Lipinski definition) is 5. The summed E-state index contributed by atoms with van der Waals surface area (Å²) in [7, 11) is 4.16. The molecule has 2 aromatic carbocycles. The molecule has 0 N–H and O–H groups in total. The minimum Gasteiger partial charge on any atom is -0.378 e. The van der Waals surface area contributed by atoms with Gasteiger partial charge in [-0.15, -0.1) is 5.10 Å². The maximum absolute atomic E-state index is 4.61. The monoisotopic (exact) mass is 416 g/mol. The lowest BCUT2D eigenvalue weighted by molar-refractivity contribution is 0.188. The van der Waals surface area contributed by atoms with Gasteiger partial charge in [0, 0.05) is 32.9 Å². The van der Waals surface area contributed by atoms with Crippen LogP contribution in [0.5, 0.6) is 0 Å². The maximum Gasteiger partial charge on any atom is 0.173 e. The lowest BCUT2D eigenvalue weighted by Crippen LogP contribution is -2.36. The molecule has 0 unspecified atom stereocenters. The quantitative estimate of drug-likeness (QED) is 0.617. The average molecular weight is 417 g/mol. The van der Waals surface area contributed by atoms with Gasteiger partial charge in [-0.1, -0.05) is 55.7 Å². The lowest BCUT2D eigenvalue weighted by Gasteiger charge is -2.36. The molecule has 31 heavy (non-hydrogen) atoms. The minimum atomic E-state index is 0.0569. The van der Waals surface area contributed by atoms with E-state index in [4.69, 9.17) is 0 Å². The van der Waals surface area contributed by atoms with Crippen molar-refractivity contribution in [1.82, 2.24) is 25.1 Å². The van der Waals surface area contributed by atoms with Crippen LogP contribution in [0.3, 0.4) is 0 Å². The van der Waals surface area contributed by atoms with E-state index in [-0.39, 0.29) is 6.04 Å². The van der Waals surface area contributed by atoms with Crippen molar-refractivity contribution in [1.29, 1.82) is 0 Å². The second kappa shape index (κ2) is 8.79. The predicted octanol–water partition coefficient (Wildman–Crippen LogP) is 4.39. The summed E-state index contributed by atoms with van der Waals surface area (Å²) in [6, 6.07) is 18.2. The summed E-state index contributed by atoms with van der Waals surface area (Å²) >= 11 is 0. The number of fused-ring (bicyclic) bond motifs is 1. The second-order valence-corrected chi connectivity index (χ2v) is 9.15. The van der Waals surface area contributed by atoms with Gasteiger partial charge < -0.3 is 4.90 Å². The molecule has 5 rings (SSSR count). The molecule has 3 aromatic rings. The Labute approximate surface area is 184 Å². The smallest absolute Gasteiger partial charge is 0.173 e. The summed E-state index contributed by atoms with van der Waals surface area (Å²) in [5.41, 5.74) is 5.35. The van der Waals surface area contributed by atoms with Crippen LogP contribution in [0.2, 0.25) is 0 Å². The van der Waals surface area contributed by atoms with Crippen LogP contribution in [0.1, 0.15) is 66.7 Å². The van der Waals surface area contributed by atoms with Crippen molar-refractivity contribution in [2.75, 3.05) is 25.5 Å². The van der Waals surface area contributed by atoms with E-state index in [9.17, 15) is 0 Å². The summed E-state index contributed by atoms with van der Waals surface area (Å²) in [5, 5.41) is 13.3. The highest BCUT2D eigenvalue weighted by molar-refractivity contribution is 5.47. The third-order valence-corrected chi connectivity index (χ3v) is 6.93. The molecule has 2 heterocycles. The van der Waals surface area contributed by atoms with E-state index in [0.717, 1.165) is 25.3 Å². The molecule has 0 radical (unpaired) electrons.